The van der Waals surface area contributed by atoms with E-state index in [1.807, 2.05) is 0 Å². The van der Waals surface area contributed by atoms with Gasteiger partial charge in [0.25, 0.3) is 0 Å². The molecule has 0 aromatic heterocycles. The molecule has 0 atom stereocenters. The van der Waals surface area contributed by atoms with Crippen molar-refractivity contribution in [2.75, 3.05) is 0 Å². The maximum absolute atomic E-state index is 12.6. The molecule has 8 heteroatoms. The topological polar surface area (TPSA) is 37.3 Å². The van der Waals surface area contributed by atoms with E-state index in [0.29, 0.717) is 25.8 Å². The number of carbonyl (C=O) groups is 1. The van der Waals surface area contributed by atoms with Crippen molar-refractivity contribution in [1.82, 2.24) is 0 Å². The van der Waals surface area contributed by atoms with Crippen LogP contribution in [0.5, 0.6) is 0 Å². The van der Waals surface area contributed by atoms with Gasteiger partial charge in [0.1, 0.15) is 5.76 Å². The lowest BCUT2D eigenvalue weighted by molar-refractivity contribution is -0.190. The van der Waals surface area contributed by atoms with Crippen LogP contribution in [-0.4, -0.2) is 23.2 Å². The highest BCUT2D eigenvalue weighted by molar-refractivity contribution is 5.92. The molecule has 0 aliphatic heterocycles. The van der Waals surface area contributed by atoms with E-state index in [9.17, 15) is 36.2 Å². The van der Waals surface area contributed by atoms with Gasteiger partial charge in [-0.05, 0) is 12.8 Å². The second-order valence-electron chi connectivity index (χ2n) is 6.41. The largest absolute Gasteiger partial charge is 0.512 e. The van der Waals surface area contributed by atoms with Gasteiger partial charge >= 0.3 is 12.4 Å². The van der Waals surface area contributed by atoms with Crippen molar-refractivity contribution in [3.05, 3.63) is 11.8 Å². The first-order chi connectivity index (χ1) is 10.3. The van der Waals surface area contributed by atoms with Crippen LogP contribution in [0.2, 0.25) is 0 Å². The Hall–Kier alpha value is -1.21. The number of hydrogen-bond acceptors (Lipinski definition) is 2. The van der Waals surface area contributed by atoms with Crippen molar-refractivity contribution in [2.45, 2.75) is 64.2 Å². The average molecular weight is 346 g/mol. The van der Waals surface area contributed by atoms with Crippen molar-refractivity contribution in [3.8, 4) is 0 Å². The monoisotopic (exact) mass is 346 g/mol. The summed E-state index contributed by atoms with van der Waals surface area (Å²) >= 11 is 0. The number of alkyl halides is 6. The first kappa shape index (κ1) is 19.8. The molecule has 0 spiro atoms. The van der Waals surface area contributed by atoms with E-state index in [0.717, 1.165) is 19.3 Å². The molecule has 0 bridgehead atoms. The first-order valence-electron chi connectivity index (χ1n) is 7.41. The third-order valence-electron chi connectivity index (χ3n) is 4.09. The van der Waals surface area contributed by atoms with Crippen molar-refractivity contribution in [3.63, 3.8) is 0 Å². The number of aliphatic hydroxyl groups is 1. The molecule has 23 heavy (non-hydrogen) atoms. The molecule has 2 nitrogen and oxygen atoms in total. The van der Waals surface area contributed by atoms with Gasteiger partial charge in [-0.25, -0.2) is 0 Å². The van der Waals surface area contributed by atoms with Crippen molar-refractivity contribution < 1.29 is 36.2 Å². The van der Waals surface area contributed by atoms with Gasteiger partial charge in [-0.15, -0.1) is 0 Å². The Morgan fingerprint density at radius 2 is 1.43 bits per heavy atom. The van der Waals surface area contributed by atoms with Gasteiger partial charge in [0.2, 0.25) is 0 Å². The number of allylic oxidation sites excluding steroid dienone is 2. The molecule has 134 valence electrons. The first-order valence-corrected chi connectivity index (χ1v) is 7.41. The summed E-state index contributed by atoms with van der Waals surface area (Å²) < 4.78 is 75.5. The second-order valence-corrected chi connectivity index (χ2v) is 6.41. The summed E-state index contributed by atoms with van der Waals surface area (Å²) in [6.45, 7) is 0.675. The standard InChI is InChI=1S/C15H20F6O2/c1-13(8-14(16,17)18,9-15(19,20)21)12(23)7-11(22)10-5-3-2-4-6-10/h7,10,23H,2-6,8-9H2,1H3. The average Bonchev–Trinajstić information content (AvgIpc) is 2.35. The van der Waals surface area contributed by atoms with Gasteiger partial charge in [0.15, 0.2) is 5.78 Å². The molecule has 0 aromatic carbocycles. The van der Waals surface area contributed by atoms with Crippen LogP contribution in [0.4, 0.5) is 26.3 Å². The summed E-state index contributed by atoms with van der Waals surface area (Å²) in [5, 5.41) is 9.84. The smallest absolute Gasteiger partial charge is 0.390 e. The zero-order valence-electron chi connectivity index (χ0n) is 12.7. The van der Waals surface area contributed by atoms with Gasteiger partial charge in [-0.3, -0.25) is 4.79 Å². The molecule has 1 fully saturated rings. The summed E-state index contributed by atoms with van der Waals surface area (Å²) in [4.78, 5) is 12.0. The van der Waals surface area contributed by atoms with Crippen LogP contribution in [0.3, 0.4) is 0 Å². The molecule has 0 aromatic rings. The molecular formula is C15H20F6O2. The van der Waals surface area contributed by atoms with Crippen molar-refractivity contribution in [2.24, 2.45) is 11.3 Å². The van der Waals surface area contributed by atoms with Crippen LogP contribution in [0.15, 0.2) is 11.8 Å². The van der Waals surface area contributed by atoms with Gasteiger partial charge in [0, 0.05) is 17.4 Å². The highest BCUT2D eigenvalue weighted by atomic mass is 19.4. The molecule has 0 radical (unpaired) electrons. The lowest BCUT2D eigenvalue weighted by Crippen LogP contribution is -2.33. The lowest BCUT2D eigenvalue weighted by atomic mass is 9.79. The lowest BCUT2D eigenvalue weighted by Gasteiger charge is -2.31. The van der Waals surface area contributed by atoms with Crippen LogP contribution in [0.1, 0.15) is 51.9 Å². The Balaban J connectivity index is 2.99. The third-order valence-corrected chi connectivity index (χ3v) is 4.09. The van der Waals surface area contributed by atoms with Crippen molar-refractivity contribution in [1.29, 1.82) is 0 Å². The Morgan fingerprint density at radius 1 is 1.00 bits per heavy atom. The molecular weight excluding hydrogens is 326 g/mol. The zero-order valence-corrected chi connectivity index (χ0v) is 12.7. The van der Waals surface area contributed by atoms with Gasteiger partial charge in [-0.2, -0.15) is 26.3 Å². The highest BCUT2D eigenvalue weighted by Gasteiger charge is 2.48. The molecule has 1 aliphatic rings. The summed E-state index contributed by atoms with van der Waals surface area (Å²) in [5.74, 6) is -2.19. The van der Waals surface area contributed by atoms with Crippen LogP contribution in [0, 0.1) is 11.3 Å². The molecule has 1 aliphatic carbocycles. The minimum Gasteiger partial charge on any atom is -0.512 e. The predicted octanol–water partition coefficient (Wildman–Crippen LogP) is 5.49. The van der Waals surface area contributed by atoms with Gasteiger partial charge in [0.05, 0.1) is 12.8 Å². The Labute approximate surface area is 130 Å². The molecule has 1 saturated carbocycles. The Morgan fingerprint density at radius 3 is 1.83 bits per heavy atom. The van der Waals surface area contributed by atoms with Gasteiger partial charge in [-0.1, -0.05) is 26.2 Å². The summed E-state index contributed by atoms with van der Waals surface area (Å²) in [5.41, 5.74) is -2.60. The fraction of sp³-hybridized carbons (Fsp3) is 0.800. The number of ketones is 1. The SMILES string of the molecule is CC(CC(F)(F)F)(CC(F)(F)F)C(O)=CC(=O)C1CCCCC1. The minimum absolute atomic E-state index is 0.438. The minimum atomic E-state index is -4.89. The quantitative estimate of drug-likeness (QED) is 0.406. The van der Waals surface area contributed by atoms with Crippen LogP contribution in [-0.2, 0) is 4.79 Å². The maximum Gasteiger partial charge on any atom is 0.390 e. The van der Waals surface area contributed by atoms with E-state index in [1.54, 1.807) is 0 Å². The molecule has 1 rings (SSSR count). The van der Waals surface area contributed by atoms with E-state index in [-0.39, 0.29) is 0 Å². The van der Waals surface area contributed by atoms with Crippen LogP contribution < -0.4 is 0 Å². The maximum atomic E-state index is 12.6. The van der Waals surface area contributed by atoms with E-state index in [2.05, 4.69) is 0 Å². The zero-order chi connectivity index (χ0) is 17.9. The van der Waals surface area contributed by atoms with Crippen LogP contribution >= 0.6 is 0 Å². The number of hydrogen-bond donors (Lipinski definition) is 1. The Bertz CT molecular complexity index is 428. The highest BCUT2D eigenvalue weighted by Crippen LogP contribution is 2.45. The third kappa shape index (κ3) is 6.83. The predicted molar refractivity (Wildman–Crippen MR) is 71.7 cm³/mol. The number of carbonyl (C=O) groups excluding carboxylic acids is 1. The molecule has 0 saturated heterocycles. The normalized spacial score (nSPS) is 19.0. The summed E-state index contributed by atoms with van der Waals surface area (Å²) in [7, 11) is 0. The fourth-order valence-corrected chi connectivity index (χ4v) is 2.94. The molecule has 0 amide bonds. The van der Waals surface area contributed by atoms with Crippen molar-refractivity contribution >= 4 is 5.78 Å². The Kier molecular flexibility index (Phi) is 6.15. The molecule has 0 unspecified atom stereocenters. The van der Waals surface area contributed by atoms with E-state index >= 15 is 0 Å². The fourth-order valence-electron chi connectivity index (χ4n) is 2.94. The van der Waals surface area contributed by atoms with E-state index < -0.39 is 48.1 Å². The van der Waals surface area contributed by atoms with E-state index in [4.69, 9.17) is 0 Å². The summed E-state index contributed by atoms with van der Waals surface area (Å²) in [6.07, 6.45) is -9.33. The molecule has 1 N–H and O–H groups in total. The number of halogens is 6. The molecule has 0 heterocycles. The number of aliphatic hydroxyl groups excluding tert-OH is 1. The second kappa shape index (κ2) is 7.13. The number of rotatable bonds is 5. The van der Waals surface area contributed by atoms with E-state index in [1.165, 1.54) is 0 Å². The van der Waals surface area contributed by atoms with Gasteiger partial charge < -0.3 is 5.11 Å². The summed E-state index contributed by atoms with van der Waals surface area (Å²) in [6, 6.07) is 0. The van der Waals surface area contributed by atoms with Crippen LogP contribution in [0.25, 0.3) is 0 Å².